The SMILES string of the molecule is C=C(c1n[nH]c2ccc(C)cc12)C(C)C. The molecule has 0 saturated carbocycles. The molecule has 0 amide bonds. The zero-order valence-corrected chi connectivity index (χ0v) is 9.46. The summed E-state index contributed by atoms with van der Waals surface area (Å²) < 4.78 is 0. The molecule has 0 atom stereocenters. The molecule has 0 aliphatic heterocycles. The summed E-state index contributed by atoms with van der Waals surface area (Å²) in [5.74, 6) is 0.428. The molecule has 78 valence electrons. The van der Waals surface area contributed by atoms with Crippen LogP contribution in [0.5, 0.6) is 0 Å². The monoisotopic (exact) mass is 200 g/mol. The highest BCUT2D eigenvalue weighted by Crippen LogP contribution is 2.26. The zero-order valence-electron chi connectivity index (χ0n) is 9.46. The molecule has 1 heterocycles. The van der Waals surface area contributed by atoms with Gasteiger partial charge in [-0.3, -0.25) is 5.10 Å². The summed E-state index contributed by atoms with van der Waals surface area (Å²) in [6.45, 7) is 10.5. The number of fused-ring (bicyclic) bond motifs is 1. The summed E-state index contributed by atoms with van der Waals surface area (Å²) in [6, 6.07) is 6.30. The number of aromatic nitrogens is 2. The Balaban J connectivity index is 2.62. The minimum Gasteiger partial charge on any atom is -0.277 e. The minimum absolute atomic E-state index is 0.428. The number of allylic oxidation sites excluding steroid dienone is 1. The summed E-state index contributed by atoms with van der Waals surface area (Å²) in [5, 5.41) is 8.55. The Kier molecular flexibility index (Phi) is 2.35. The Bertz CT molecular complexity index is 506. The Hall–Kier alpha value is -1.57. The summed E-state index contributed by atoms with van der Waals surface area (Å²) >= 11 is 0. The quantitative estimate of drug-likeness (QED) is 0.789. The third-order valence-corrected chi connectivity index (χ3v) is 2.72. The Morgan fingerprint density at radius 1 is 1.40 bits per heavy atom. The molecule has 0 unspecified atom stereocenters. The van der Waals surface area contributed by atoms with Gasteiger partial charge >= 0.3 is 0 Å². The van der Waals surface area contributed by atoms with E-state index < -0.39 is 0 Å². The van der Waals surface area contributed by atoms with Crippen LogP contribution >= 0.6 is 0 Å². The number of hydrogen-bond acceptors (Lipinski definition) is 1. The fourth-order valence-corrected chi connectivity index (χ4v) is 1.65. The maximum Gasteiger partial charge on any atom is 0.0955 e. The molecular weight excluding hydrogens is 184 g/mol. The van der Waals surface area contributed by atoms with E-state index in [4.69, 9.17) is 0 Å². The van der Waals surface area contributed by atoms with Gasteiger partial charge < -0.3 is 0 Å². The van der Waals surface area contributed by atoms with E-state index in [1.807, 2.05) is 0 Å². The molecule has 0 aliphatic carbocycles. The van der Waals surface area contributed by atoms with E-state index in [2.05, 4.69) is 55.7 Å². The highest BCUT2D eigenvalue weighted by Gasteiger charge is 2.11. The molecule has 1 N–H and O–H groups in total. The fraction of sp³-hybridized carbons (Fsp3) is 0.308. The molecule has 15 heavy (non-hydrogen) atoms. The smallest absolute Gasteiger partial charge is 0.0955 e. The van der Waals surface area contributed by atoms with Crippen LogP contribution in [-0.4, -0.2) is 10.2 Å². The average Bonchev–Trinajstić information content (AvgIpc) is 2.59. The standard InChI is InChI=1S/C13H16N2/c1-8(2)10(4)13-11-7-9(3)5-6-12(11)14-15-13/h5-8H,4H2,1-3H3,(H,14,15). The van der Waals surface area contributed by atoms with Crippen molar-refractivity contribution in [1.29, 1.82) is 0 Å². The first kappa shape index (κ1) is 9.97. The molecule has 2 rings (SSSR count). The van der Waals surface area contributed by atoms with Crippen LogP contribution in [0.3, 0.4) is 0 Å². The Morgan fingerprint density at radius 2 is 2.13 bits per heavy atom. The highest BCUT2D eigenvalue weighted by molar-refractivity contribution is 5.90. The fourth-order valence-electron chi connectivity index (χ4n) is 1.65. The zero-order chi connectivity index (χ0) is 11.0. The first-order chi connectivity index (χ1) is 7.09. The number of nitrogens with zero attached hydrogens (tertiary/aromatic N) is 1. The van der Waals surface area contributed by atoms with Gasteiger partial charge in [0, 0.05) is 5.39 Å². The minimum atomic E-state index is 0.428. The maximum absolute atomic E-state index is 4.33. The first-order valence-corrected chi connectivity index (χ1v) is 5.23. The van der Waals surface area contributed by atoms with Crippen molar-refractivity contribution in [1.82, 2.24) is 10.2 Å². The molecule has 1 aromatic carbocycles. The van der Waals surface area contributed by atoms with E-state index in [0.29, 0.717) is 5.92 Å². The molecule has 2 nitrogen and oxygen atoms in total. The number of rotatable bonds is 2. The molecule has 0 saturated heterocycles. The summed E-state index contributed by atoms with van der Waals surface area (Å²) in [5.41, 5.74) is 4.43. The van der Waals surface area contributed by atoms with Crippen LogP contribution in [0.15, 0.2) is 24.8 Å². The van der Waals surface area contributed by atoms with Crippen molar-refractivity contribution < 1.29 is 0 Å². The lowest BCUT2D eigenvalue weighted by atomic mass is 9.99. The van der Waals surface area contributed by atoms with Crippen molar-refractivity contribution in [3.63, 3.8) is 0 Å². The van der Waals surface area contributed by atoms with Gasteiger partial charge in [-0.1, -0.05) is 32.1 Å². The molecule has 2 aromatic rings. The van der Waals surface area contributed by atoms with Gasteiger partial charge in [-0.25, -0.2) is 0 Å². The van der Waals surface area contributed by atoms with Gasteiger partial charge in [0.2, 0.25) is 0 Å². The topological polar surface area (TPSA) is 28.7 Å². The van der Waals surface area contributed by atoms with Crippen molar-refractivity contribution in [3.8, 4) is 0 Å². The van der Waals surface area contributed by atoms with Crippen molar-refractivity contribution >= 4 is 16.5 Å². The number of benzene rings is 1. The molecule has 0 radical (unpaired) electrons. The van der Waals surface area contributed by atoms with Gasteiger partial charge in [-0.2, -0.15) is 5.10 Å². The molecule has 1 aromatic heterocycles. The first-order valence-electron chi connectivity index (χ1n) is 5.23. The van der Waals surface area contributed by atoms with Crippen LogP contribution in [0.4, 0.5) is 0 Å². The number of nitrogens with one attached hydrogen (secondary N) is 1. The van der Waals surface area contributed by atoms with Crippen molar-refractivity contribution in [2.75, 3.05) is 0 Å². The van der Waals surface area contributed by atoms with E-state index in [-0.39, 0.29) is 0 Å². The maximum atomic E-state index is 4.33. The number of aryl methyl sites for hydroxylation is 1. The Morgan fingerprint density at radius 3 is 2.80 bits per heavy atom. The molecule has 0 spiro atoms. The molecular formula is C13H16N2. The average molecular weight is 200 g/mol. The van der Waals surface area contributed by atoms with E-state index in [1.165, 1.54) is 10.9 Å². The molecule has 0 aliphatic rings. The molecule has 0 fully saturated rings. The third-order valence-electron chi connectivity index (χ3n) is 2.72. The number of hydrogen-bond donors (Lipinski definition) is 1. The summed E-state index contributed by atoms with van der Waals surface area (Å²) in [6.07, 6.45) is 0. The predicted octanol–water partition coefficient (Wildman–Crippen LogP) is 3.54. The summed E-state index contributed by atoms with van der Waals surface area (Å²) in [7, 11) is 0. The van der Waals surface area contributed by atoms with Gasteiger partial charge in [0.15, 0.2) is 0 Å². The number of H-pyrrole nitrogens is 1. The lowest BCUT2D eigenvalue weighted by Gasteiger charge is -2.06. The van der Waals surface area contributed by atoms with Crippen LogP contribution in [0.1, 0.15) is 25.1 Å². The van der Waals surface area contributed by atoms with Crippen molar-refractivity contribution in [2.45, 2.75) is 20.8 Å². The van der Waals surface area contributed by atoms with Gasteiger partial charge in [0.05, 0.1) is 11.2 Å². The lowest BCUT2D eigenvalue weighted by molar-refractivity contribution is 0.849. The normalized spacial score (nSPS) is 11.2. The highest BCUT2D eigenvalue weighted by atomic mass is 15.1. The van der Waals surface area contributed by atoms with E-state index in [0.717, 1.165) is 16.8 Å². The van der Waals surface area contributed by atoms with Crippen LogP contribution in [0, 0.1) is 12.8 Å². The van der Waals surface area contributed by atoms with Crippen LogP contribution in [0.25, 0.3) is 16.5 Å². The number of aromatic amines is 1. The second-order valence-corrected chi connectivity index (χ2v) is 4.30. The van der Waals surface area contributed by atoms with Gasteiger partial charge in [0.1, 0.15) is 0 Å². The lowest BCUT2D eigenvalue weighted by Crippen LogP contribution is -1.92. The van der Waals surface area contributed by atoms with E-state index in [1.54, 1.807) is 0 Å². The largest absolute Gasteiger partial charge is 0.277 e. The van der Waals surface area contributed by atoms with Gasteiger partial charge in [-0.05, 0) is 30.5 Å². The molecule has 2 heteroatoms. The van der Waals surface area contributed by atoms with E-state index in [9.17, 15) is 0 Å². The Labute approximate surface area is 90.0 Å². The van der Waals surface area contributed by atoms with Gasteiger partial charge in [-0.15, -0.1) is 0 Å². The third kappa shape index (κ3) is 1.67. The van der Waals surface area contributed by atoms with Gasteiger partial charge in [0.25, 0.3) is 0 Å². The van der Waals surface area contributed by atoms with Crippen molar-refractivity contribution in [2.24, 2.45) is 5.92 Å². The second-order valence-electron chi connectivity index (χ2n) is 4.30. The van der Waals surface area contributed by atoms with Crippen molar-refractivity contribution in [3.05, 3.63) is 36.0 Å². The van der Waals surface area contributed by atoms with Crippen LogP contribution in [0.2, 0.25) is 0 Å². The second kappa shape index (κ2) is 3.54. The van der Waals surface area contributed by atoms with E-state index >= 15 is 0 Å². The molecule has 0 bridgehead atoms. The van der Waals surface area contributed by atoms with Crippen LogP contribution < -0.4 is 0 Å². The van der Waals surface area contributed by atoms with Crippen LogP contribution in [-0.2, 0) is 0 Å². The predicted molar refractivity (Wildman–Crippen MR) is 64.7 cm³/mol. The summed E-state index contributed by atoms with van der Waals surface area (Å²) in [4.78, 5) is 0.